The van der Waals surface area contributed by atoms with E-state index in [0.717, 1.165) is 5.82 Å². The zero-order valence-electron chi connectivity index (χ0n) is 14.7. The third-order valence-electron chi connectivity index (χ3n) is 4.48. The molecule has 1 aliphatic heterocycles. The number of hydrogen-bond acceptors (Lipinski definition) is 6. The average molecular weight is 365 g/mol. The summed E-state index contributed by atoms with van der Waals surface area (Å²) in [5.41, 5.74) is -0.314. The molecule has 9 heteroatoms. The van der Waals surface area contributed by atoms with Gasteiger partial charge in [-0.3, -0.25) is 9.59 Å². The summed E-state index contributed by atoms with van der Waals surface area (Å²) in [7, 11) is 0. The molecule has 0 saturated carbocycles. The molecule has 0 aromatic carbocycles. The van der Waals surface area contributed by atoms with Gasteiger partial charge in [-0.1, -0.05) is 6.07 Å². The fraction of sp³-hybridized carbons (Fsp3) is 0.278. The van der Waals surface area contributed by atoms with E-state index in [9.17, 15) is 9.59 Å². The lowest BCUT2D eigenvalue weighted by Crippen LogP contribution is -2.50. The van der Waals surface area contributed by atoms with E-state index in [1.807, 2.05) is 18.2 Å². The van der Waals surface area contributed by atoms with Crippen molar-refractivity contribution in [2.45, 2.75) is 6.54 Å². The molecule has 0 N–H and O–H groups in total. The number of amides is 1. The predicted octanol–water partition coefficient (Wildman–Crippen LogP) is 0.173. The van der Waals surface area contributed by atoms with Crippen molar-refractivity contribution < 1.29 is 4.79 Å². The molecule has 3 aromatic heterocycles. The van der Waals surface area contributed by atoms with Gasteiger partial charge in [0.05, 0.1) is 0 Å². The van der Waals surface area contributed by atoms with Crippen molar-refractivity contribution in [1.29, 1.82) is 0 Å². The fourth-order valence-corrected chi connectivity index (χ4v) is 3.03. The van der Waals surface area contributed by atoms with Crippen molar-refractivity contribution in [3.05, 3.63) is 65.3 Å². The maximum Gasteiger partial charge on any atom is 0.267 e. The molecular formula is C18H19N7O2. The highest BCUT2D eigenvalue weighted by Gasteiger charge is 2.22. The molecule has 138 valence electrons. The Labute approximate surface area is 155 Å². The lowest BCUT2D eigenvalue weighted by molar-refractivity contribution is -0.132. The van der Waals surface area contributed by atoms with E-state index in [1.165, 1.54) is 10.7 Å². The molecule has 9 nitrogen and oxygen atoms in total. The van der Waals surface area contributed by atoms with E-state index >= 15 is 0 Å². The Balaban J connectivity index is 1.41. The molecule has 0 unspecified atom stereocenters. The van der Waals surface area contributed by atoms with Gasteiger partial charge in [0, 0.05) is 50.8 Å². The Morgan fingerprint density at radius 1 is 0.963 bits per heavy atom. The van der Waals surface area contributed by atoms with E-state index in [0.29, 0.717) is 32.0 Å². The Kier molecular flexibility index (Phi) is 4.65. The topological polar surface area (TPSA) is 89.1 Å². The predicted molar refractivity (Wildman–Crippen MR) is 98.6 cm³/mol. The second kappa shape index (κ2) is 7.40. The number of aromatic nitrogens is 5. The third kappa shape index (κ3) is 3.71. The van der Waals surface area contributed by atoms with Crippen LogP contribution in [0.15, 0.2) is 59.8 Å². The minimum Gasteiger partial charge on any atom is -0.353 e. The first-order valence-electron chi connectivity index (χ1n) is 8.73. The second-order valence-corrected chi connectivity index (χ2v) is 6.19. The zero-order valence-corrected chi connectivity index (χ0v) is 14.7. The highest BCUT2D eigenvalue weighted by atomic mass is 16.2. The number of piperazine rings is 1. The summed E-state index contributed by atoms with van der Waals surface area (Å²) in [4.78, 5) is 33.0. The van der Waals surface area contributed by atoms with Crippen molar-refractivity contribution in [1.82, 2.24) is 29.4 Å². The lowest BCUT2D eigenvalue weighted by atomic mass is 10.3. The van der Waals surface area contributed by atoms with Crippen LogP contribution in [0.4, 0.5) is 5.82 Å². The number of hydrogen-bond donors (Lipinski definition) is 0. The molecule has 1 fully saturated rings. The molecule has 0 aliphatic carbocycles. The van der Waals surface area contributed by atoms with Gasteiger partial charge >= 0.3 is 0 Å². The molecule has 3 aromatic rings. The summed E-state index contributed by atoms with van der Waals surface area (Å²) in [5.74, 6) is 1.28. The molecule has 4 heterocycles. The third-order valence-corrected chi connectivity index (χ3v) is 4.48. The molecule has 0 radical (unpaired) electrons. The van der Waals surface area contributed by atoms with Crippen molar-refractivity contribution in [3.8, 4) is 5.82 Å². The van der Waals surface area contributed by atoms with Crippen LogP contribution in [0.5, 0.6) is 0 Å². The monoisotopic (exact) mass is 365 g/mol. The van der Waals surface area contributed by atoms with Crippen LogP contribution in [-0.2, 0) is 11.3 Å². The van der Waals surface area contributed by atoms with Gasteiger partial charge in [-0.25, -0.2) is 14.3 Å². The van der Waals surface area contributed by atoms with Crippen molar-refractivity contribution in [2.24, 2.45) is 0 Å². The van der Waals surface area contributed by atoms with Crippen molar-refractivity contribution in [3.63, 3.8) is 0 Å². The van der Waals surface area contributed by atoms with Gasteiger partial charge in [-0.15, -0.1) is 5.10 Å². The molecule has 0 bridgehead atoms. The highest BCUT2D eigenvalue weighted by Crippen LogP contribution is 2.12. The van der Waals surface area contributed by atoms with Gasteiger partial charge < -0.3 is 9.80 Å². The molecule has 1 aliphatic rings. The Morgan fingerprint density at radius 3 is 2.52 bits per heavy atom. The standard InChI is InChI=1S/C18H19N7O2/c26-17-6-5-16(24-9-3-8-20-24)21-25(17)14-18(27)23-12-10-22(11-13-23)15-4-1-2-7-19-15/h1-9H,10-14H2. The summed E-state index contributed by atoms with van der Waals surface area (Å²) in [6.45, 7) is 2.50. The molecule has 0 atom stereocenters. The Bertz CT molecular complexity index is 961. The van der Waals surface area contributed by atoms with Crippen LogP contribution in [0.3, 0.4) is 0 Å². The summed E-state index contributed by atoms with van der Waals surface area (Å²) in [6, 6.07) is 10.5. The van der Waals surface area contributed by atoms with E-state index in [4.69, 9.17) is 0 Å². The largest absolute Gasteiger partial charge is 0.353 e. The molecule has 4 rings (SSSR count). The summed E-state index contributed by atoms with van der Waals surface area (Å²) >= 11 is 0. The van der Waals surface area contributed by atoms with Gasteiger partial charge in [0.2, 0.25) is 5.91 Å². The van der Waals surface area contributed by atoms with E-state index < -0.39 is 0 Å². The normalized spacial score (nSPS) is 14.4. The van der Waals surface area contributed by atoms with Gasteiger partial charge in [0.1, 0.15) is 12.4 Å². The highest BCUT2D eigenvalue weighted by molar-refractivity contribution is 5.76. The van der Waals surface area contributed by atoms with Crippen LogP contribution >= 0.6 is 0 Å². The molecule has 27 heavy (non-hydrogen) atoms. The van der Waals surface area contributed by atoms with E-state index in [2.05, 4.69) is 20.1 Å². The first-order chi connectivity index (χ1) is 13.2. The van der Waals surface area contributed by atoms with Crippen LogP contribution < -0.4 is 10.5 Å². The van der Waals surface area contributed by atoms with Crippen LogP contribution in [0.1, 0.15) is 0 Å². The minimum absolute atomic E-state index is 0.0858. The number of rotatable bonds is 4. The summed E-state index contributed by atoms with van der Waals surface area (Å²) in [6.07, 6.45) is 5.12. The van der Waals surface area contributed by atoms with Crippen LogP contribution in [0.2, 0.25) is 0 Å². The van der Waals surface area contributed by atoms with Crippen LogP contribution in [-0.4, -0.2) is 61.5 Å². The Morgan fingerprint density at radius 2 is 1.81 bits per heavy atom. The first-order valence-corrected chi connectivity index (χ1v) is 8.73. The molecular weight excluding hydrogens is 346 g/mol. The number of pyridine rings is 1. The molecule has 1 amide bonds. The maximum atomic E-state index is 12.6. The van der Waals surface area contributed by atoms with Crippen molar-refractivity contribution in [2.75, 3.05) is 31.1 Å². The Hall–Kier alpha value is -3.49. The van der Waals surface area contributed by atoms with Gasteiger partial charge in [0.15, 0.2) is 5.82 Å². The number of carbonyl (C=O) groups is 1. The number of nitrogens with zero attached hydrogens (tertiary/aromatic N) is 7. The van der Waals surface area contributed by atoms with Gasteiger partial charge in [0.25, 0.3) is 5.56 Å². The van der Waals surface area contributed by atoms with Gasteiger partial charge in [-0.2, -0.15) is 5.10 Å². The summed E-state index contributed by atoms with van der Waals surface area (Å²) < 4.78 is 2.73. The minimum atomic E-state index is -0.314. The maximum absolute atomic E-state index is 12.6. The van der Waals surface area contributed by atoms with Crippen LogP contribution in [0.25, 0.3) is 5.82 Å². The molecule has 1 saturated heterocycles. The van der Waals surface area contributed by atoms with Crippen LogP contribution in [0, 0.1) is 0 Å². The van der Waals surface area contributed by atoms with Gasteiger partial charge in [-0.05, 0) is 24.3 Å². The average Bonchev–Trinajstić information content (AvgIpc) is 3.25. The quantitative estimate of drug-likeness (QED) is 0.655. The molecule has 0 spiro atoms. The zero-order chi connectivity index (χ0) is 18.6. The van der Waals surface area contributed by atoms with E-state index in [1.54, 1.807) is 40.3 Å². The smallest absolute Gasteiger partial charge is 0.267 e. The lowest BCUT2D eigenvalue weighted by Gasteiger charge is -2.35. The fourth-order valence-electron chi connectivity index (χ4n) is 3.03. The number of anilines is 1. The SMILES string of the molecule is O=C(Cn1nc(-n2cccn2)ccc1=O)N1CCN(c2ccccn2)CC1. The summed E-state index contributed by atoms with van der Waals surface area (Å²) in [5, 5.41) is 8.34. The van der Waals surface area contributed by atoms with Crippen molar-refractivity contribution >= 4 is 11.7 Å². The number of carbonyl (C=O) groups excluding carboxylic acids is 1. The van der Waals surface area contributed by atoms with E-state index in [-0.39, 0.29) is 18.0 Å². The first kappa shape index (κ1) is 17.0. The second-order valence-electron chi connectivity index (χ2n) is 6.19.